The van der Waals surface area contributed by atoms with Crippen molar-refractivity contribution in [3.05, 3.63) is 29.6 Å². The molecule has 1 aliphatic rings. The first-order valence-corrected chi connectivity index (χ1v) is 6.21. The Morgan fingerprint density at radius 1 is 1.24 bits per heavy atom. The van der Waals surface area contributed by atoms with Gasteiger partial charge in [0.1, 0.15) is 0 Å². The Hall–Kier alpha value is -1.83. The lowest BCUT2D eigenvalue weighted by atomic mass is 9.90. The highest BCUT2D eigenvalue weighted by Crippen LogP contribution is 2.30. The summed E-state index contributed by atoms with van der Waals surface area (Å²) < 4.78 is 45.3. The summed E-state index contributed by atoms with van der Waals surface area (Å²) in [4.78, 5) is 8.90. The topological polar surface area (TPSA) is 69.6 Å². The Morgan fingerprint density at radius 2 is 1.76 bits per heavy atom. The molecule has 0 saturated carbocycles. The van der Waals surface area contributed by atoms with E-state index in [1.54, 1.807) is 12.1 Å². The Morgan fingerprint density at radius 3 is 2.24 bits per heavy atom. The van der Waals surface area contributed by atoms with E-state index in [0.717, 1.165) is 25.9 Å². The van der Waals surface area contributed by atoms with Crippen molar-refractivity contribution >= 4 is 5.97 Å². The Bertz CT molecular complexity index is 485. The molecule has 8 heteroatoms. The third-order valence-electron chi connectivity index (χ3n) is 3.03. The number of phenols is 1. The van der Waals surface area contributed by atoms with Crippen molar-refractivity contribution in [3.8, 4) is 5.75 Å². The van der Waals surface area contributed by atoms with Crippen LogP contribution in [0.15, 0.2) is 18.2 Å². The van der Waals surface area contributed by atoms with E-state index in [2.05, 4.69) is 5.32 Å². The molecule has 0 amide bonds. The molecule has 0 atom stereocenters. The number of aliphatic carboxylic acids is 1. The van der Waals surface area contributed by atoms with E-state index in [-0.39, 0.29) is 11.7 Å². The van der Waals surface area contributed by atoms with Crippen LogP contribution in [0.5, 0.6) is 5.75 Å². The molecule has 1 saturated heterocycles. The molecular weight excluding hydrogens is 294 g/mol. The van der Waals surface area contributed by atoms with Gasteiger partial charge in [-0.05, 0) is 43.5 Å². The van der Waals surface area contributed by atoms with Gasteiger partial charge in [0.2, 0.25) is 0 Å². The van der Waals surface area contributed by atoms with Gasteiger partial charge in [-0.15, -0.1) is 0 Å². The first-order valence-electron chi connectivity index (χ1n) is 6.21. The molecule has 2 rings (SSSR count). The number of piperidine rings is 1. The van der Waals surface area contributed by atoms with Crippen LogP contribution in [-0.4, -0.2) is 35.4 Å². The summed E-state index contributed by atoms with van der Waals surface area (Å²) in [5, 5.41) is 19.6. The molecule has 3 N–H and O–H groups in total. The Labute approximate surface area is 118 Å². The average Bonchev–Trinajstić information content (AvgIpc) is 2.42. The lowest BCUT2D eigenvalue weighted by Gasteiger charge is -2.23. The molecule has 1 aromatic rings. The summed E-state index contributed by atoms with van der Waals surface area (Å²) in [5.74, 6) is -3.18. The summed E-state index contributed by atoms with van der Waals surface area (Å²) >= 11 is 0. The van der Waals surface area contributed by atoms with Crippen LogP contribution in [0.2, 0.25) is 0 Å². The zero-order valence-corrected chi connectivity index (χ0v) is 11.0. The Balaban J connectivity index is 0.000000270. The molecule has 1 heterocycles. The van der Waals surface area contributed by atoms with Gasteiger partial charge in [-0.25, -0.2) is 9.18 Å². The molecule has 0 aliphatic carbocycles. The number of rotatable bonds is 1. The molecule has 0 radical (unpaired) electrons. The smallest absolute Gasteiger partial charge is 0.490 e. The molecule has 0 aromatic heterocycles. The van der Waals surface area contributed by atoms with Gasteiger partial charge in [0.15, 0.2) is 11.6 Å². The highest BCUT2D eigenvalue weighted by molar-refractivity contribution is 5.73. The SMILES string of the molecule is O=C(O)C(F)(F)F.Oc1cccc(C2CCNCC2)c1F. The van der Waals surface area contributed by atoms with Crippen molar-refractivity contribution in [1.82, 2.24) is 5.32 Å². The number of benzene rings is 1. The highest BCUT2D eigenvalue weighted by atomic mass is 19.4. The molecule has 4 nitrogen and oxygen atoms in total. The van der Waals surface area contributed by atoms with Crippen molar-refractivity contribution in [2.24, 2.45) is 0 Å². The number of halogens is 4. The molecule has 0 spiro atoms. The predicted molar refractivity (Wildman–Crippen MR) is 66.6 cm³/mol. The number of phenolic OH excluding ortho intramolecular Hbond substituents is 1. The molecular formula is C13H15F4NO3. The van der Waals surface area contributed by atoms with Crippen LogP contribution < -0.4 is 5.32 Å². The van der Waals surface area contributed by atoms with Crippen molar-refractivity contribution in [3.63, 3.8) is 0 Å². The fourth-order valence-electron chi connectivity index (χ4n) is 1.99. The number of nitrogens with one attached hydrogen (secondary N) is 1. The summed E-state index contributed by atoms with van der Waals surface area (Å²) in [6.45, 7) is 1.86. The van der Waals surface area contributed by atoms with Crippen LogP contribution in [0.1, 0.15) is 24.3 Å². The lowest BCUT2D eigenvalue weighted by Crippen LogP contribution is -2.27. The van der Waals surface area contributed by atoms with Gasteiger partial charge < -0.3 is 15.5 Å². The van der Waals surface area contributed by atoms with Gasteiger partial charge >= 0.3 is 12.1 Å². The second kappa shape index (κ2) is 7.26. The minimum absolute atomic E-state index is 0.235. The van der Waals surface area contributed by atoms with Crippen LogP contribution in [0.25, 0.3) is 0 Å². The quantitative estimate of drug-likeness (QED) is 0.698. The maximum absolute atomic E-state index is 13.5. The van der Waals surface area contributed by atoms with E-state index in [1.165, 1.54) is 6.07 Å². The largest absolute Gasteiger partial charge is 0.505 e. The van der Waals surface area contributed by atoms with E-state index >= 15 is 0 Å². The number of aromatic hydroxyl groups is 1. The summed E-state index contributed by atoms with van der Waals surface area (Å²) in [6, 6.07) is 4.86. The van der Waals surface area contributed by atoms with Crippen molar-refractivity contribution < 1.29 is 32.6 Å². The normalized spacial score (nSPS) is 16.0. The minimum atomic E-state index is -5.08. The van der Waals surface area contributed by atoms with Gasteiger partial charge in [-0.3, -0.25) is 0 Å². The van der Waals surface area contributed by atoms with E-state index in [0.29, 0.717) is 5.56 Å². The number of carbonyl (C=O) groups is 1. The second-order valence-corrected chi connectivity index (χ2v) is 4.51. The van der Waals surface area contributed by atoms with E-state index in [1.807, 2.05) is 0 Å². The zero-order valence-electron chi connectivity index (χ0n) is 11.0. The maximum Gasteiger partial charge on any atom is 0.490 e. The highest BCUT2D eigenvalue weighted by Gasteiger charge is 2.38. The molecule has 118 valence electrons. The summed E-state index contributed by atoms with van der Waals surface area (Å²) in [5.41, 5.74) is 0.659. The lowest BCUT2D eigenvalue weighted by molar-refractivity contribution is -0.192. The van der Waals surface area contributed by atoms with Gasteiger partial charge in [0.05, 0.1) is 0 Å². The average molecular weight is 309 g/mol. The van der Waals surface area contributed by atoms with E-state index < -0.39 is 18.0 Å². The number of carboxylic acid groups (broad SMARTS) is 1. The number of carboxylic acids is 1. The first kappa shape index (κ1) is 17.2. The summed E-state index contributed by atoms with van der Waals surface area (Å²) in [7, 11) is 0. The minimum Gasteiger partial charge on any atom is -0.505 e. The molecule has 1 aliphatic heterocycles. The third-order valence-corrected chi connectivity index (χ3v) is 3.03. The molecule has 21 heavy (non-hydrogen) atoms. The van der Waals surface area contributed by atoms with Gasteiger partial charge in [-0.2, -0.15) is 13.2 Å². The van der Waals surface area contributed by atoms with Crippen molar-refractivity contribution in [2.45, 2.75) is 24.9 Å². The fraction of sp³-hybridized carbons (Fsp3) is 0.462. The van der Waals surface area contributed by atoms with Crippen molar-refractivity contribution in [2.75, 3.05) is 13.1 Å². The van der Waals surface area contributed by atoms with E-state index in [4.69, 9.17) is 9.90 Å². The molecule has 1 fully saturated rings. The third kappa shape index (κ3) is 5.22. The zero-order chi connectivity index (χ0) is 16.0. The van der Waals surface area contributed by atoms with Crippen molar-refractivity contribution in [1.29, 1.82) is 0 Å². The number of alkyl halides is 3. The number of hydrogen-bond acceptors (Lipinski definition) is 3. The van der Waals surface area contributed by atoms with Crippen LogP contribution in [-0.2, 0) is 4.79 Å². The van der Waals surface area contributed by atoms with Crippen LogP contribution >= 0.6 is 0 Å². The van der Waals surface area contributed by atoms with Gasteiger partial charge in [-0.1, -0.05) is 12.1 Å². The van der Waals surface area contributed by atoms with Crippen LogP contribution in [0.4, 0.5) is 17.6 Å². The maximum atomic E-state index is 13.5. The van der Waals surface area contributed by atoms with Gasteiger partial charge in [0.25, 0.3) is 0 Å². The fourth-order valence-corrected chi connectivity index (χ4v) is 1.99. The first-order chi connectivity index (χ1) is 9.73. The Kier molecular flexibility index (Phi) is 5.95. The predicted octanol–water partition coefficient (Wildman–Crippen LogP) is 2.63. The number of hydrogen-bond donors (Lipinski definition) is 3. The van der Waals surface area contributed by atoms with E-state index in [9.17, 15) is 22.7 Å². The van der Waals surface area contributed by atoms with Crippen LogP contribution in [0.3, 0.4) is 0 Å². The van der Waals surface area contributed by atoms with Gasteiger partial charge in [0, 0.05) is 0 Å². The molecule has 0 bridgehead atoms. The standard InChI is InChI=1S/C11H14FNO.C2HF3O2/c12-11-9(2-1-3-10(11)14)8-4-6-13-7-5-8;3-2(4,5)1(6)7/h1-3,8,13-14H,4-7H2;(H,6,7). The molecule has 0 unspecified atom stereocenters. The summed E-state index contributed by atoms with van der Waals surface area (Å²) in [6.07, 6.45) is -3.19. The molecule has 1 aromatic carbocycles. The second-order valence-electron chi connectivity index (χ2n) is 4.51. The monoisotopic (exact) mass is 309 g/mol. The van der Waals surface area contributed by atoms with Crippen LogP contribution in [0, 0.1) is 5.82 Å².